The summed E-state index contributed by atoms with van der Waals surface area (Å²) in [5.41, 5.74) is 0. The Hall–Kier alpha value is -0.610. The maximum absolute atomic E-state index is 12.7. The first-order valence-electron chi connectivity index (χ1n) is 7.94. The largest absolute Gasteiger partial charge is 0.336 e. The van der Waals surface area contributed by atoms with Crippen LogP contribution in [0.3, 0.4) is 0 Å². The molecule has 3 rings (SSSR count). The lowest BCUT2D eigenvalue weighted by molar-refractivity contribution is -0.140. The fourth-order valence-electron chi connectivity index (χ4n) is 4.00. The average molecular weight is 265 g/mol. The van der Waals surface area contributed by atoms with Gasteiger partial charge < -0.3 is 10.2 Å². The van der Waals surface area contributed by atoms with Gasteiger partial charge in [-0.15, -0.1) is 0 Å². The Morgan fingerprint density at radius 2 is 2.00 bits per heavy atom. The van der Waals surface area contributed by atoms with Gasteiger partial charge in [0.2, 0.25) is 5.91 Å². The van der Waals surface area contributed by atoms with E-state index in [2.05, 4.69) is 29.0 Å². The summed E-state index contributed by atoms with van der Waals surface area (Å²) in [6, 6.07) is 1.06. The van der Waals surface area contributed by atoms with E-state index in [1.54, 1.807) is 0 Å². The van der Waals surface area contributed by atoms with Crippen LogP contribution in [0.2, 0.25) is 0 Å². The summed E-state index contributed by atoms with van der Waals surface area (Å²) < 4.78 is 0. The van der Waals surface area contributed by atoms with Gasteiger partial charge in [0.05, 0.1) is 6.04 Å². The predicted molar refractivity (Wildman–Crippen MR) is 76.0 cm³/mol. The van der Waals surface area contributed by atoms with Gasteiger partial charge in [0.15, 0.2) is 0 Å². The van der Waals surface area contributed by atoms with E-state index < -0.39 is 0 Å². The zero-order chi connectivity index (χ0) is 13.4. The number of fused-ring (bicyclic) bond motifs is 1. The summed E-state index contributed by atoms with van der Waals surface area (Å²) >= 11 is 0. The lowest BCUT2D eigenvalue weighted by Gasteiger charge is -2.48. The van der Waals surface area contributed by atoms with Crippen molar-refractivity contribution in [1.82, 2.24) is 15.1 Å². The van der Waals surface area contributed by atoms with Crippen LogP contribution in [-0.2, 0) is 4.79 Å². The SMILES string of the molecule is CC1CCNC1C(=O)N1CC2CCCCN2CC1C. The number of hydrogen-bond acceptors (Lipinski definition) is 3. The molecule has 3 aliphatic rings. The van der Waals surface area contributed by atoms with Gasteiger partial charge in [-0.25, -0.2) is 0 Å². The van der Waals surface area contributed by atoms with Crippen molar-refractivity contribution in [3.63, 3.8) is 0 Å². The molecule has 19 heavy (non-hydrogen) atoms. The second-order valence-corrected chi connectivity index (χ2v) is 6.68. The van der Waals surface area contributed by atoms with Gasteiger partial charge in [0.1, 0.15) is 0 Å². The quantitative estimate of drug-likeness (QED) is 0.770. The monoisotopic (exact) mass is 265 g/mol. The van der Waals surface area contributed by atoms with E-state index in [-0.39, 0.29) is 6.04 Å². The Labute approximate surface area is 116 Å². The second kappa shape index (κ2) is 5.41. The van der Waals surface area contributed by atoms with Crippen molar-refractivity contribution in [2.75, 3.05) is 26.2 Å². The average Bonchev–Trinajstić information content (AvgIpc) is 2.83. The number of hydrogen-bond donors (Lipinski definition) is 1. The van der Waals surface area contributed by atoms with Crippen molar-refractivity contribution in [2.24, 2.45) is 5.92 Å². The van der Waals surface area contributed by atoms with Gasteiger partial charge in [-0.1, -0.05) is 13.3 Å². The van der Waals surface area contributed by atoms with Crippen molar-refractivity contribution >= 4 is 5.91 Å². The van der Waals surface area contributed by atoms with Gasteiger partial charge in [0.25, 0.3) is 0 Å². The van der Waals surface area contributed by atoms with Crippen molar-refractivity contribution in [1.29, 1.82) is 0 Å². The molecule has 3 fully saturated rings. The summed E-state index contributed by atoms with van der Waals surface area (Å²) in [7, 11) is 0. The number of nitrogens with one attached hydrogen (secondary N) is 1. The molecule has 0 radical (unpaired) electrons. The summed E-state index contributed by atoms with van der Waals surface area (Å²) in [4.78, 5) is 17.5. The van der Waals surface area contributed by atoms with Gasteiger partial charge in [0, 0.05) is 25.2 Å². The first kappa shape index (κ1) is 13.4. The maximum atomic E-state index is 12.7. The molecule has 4 heteroatoms. The predicted octanol–water partition coefficient (Wildman–Crippen LogP) is 1.07. The molecule has 4 atom stereocenters. The highest BCUT2D eigenvalue weighted by atomic mass is 16.2. The molecule has 0 aromatic carbocycles. The Bertz CT molecular complexity index is 346. The van der Waals surface area contributed by atoms with E-state index >= 15 is 0 Å². The van der Waals surface area contributed by atoms with Crippen LogP contribution in [0.25, 0.3) is 0 Å². The van der Waals surface area contributed by atoms with E-state index in [1.165, 1.54) is 25.8 Å². The molecule has 1 amide bonds. The Kier molecular flexibility index (Phi) is 3.81. The minimum absolute atomic E-state index is 0.0672. The van der Waals surface area contributed by atoms with Crippen LogP contribution in [0.4, 0.5) is 0 Å². The number of rotatable bonds is 1. The Morgan fingerprint density at radius 1 is 1.16 bits per heavy atom. The van der Waals surface area contributed by atoms with Crippen LogP contribution in [0.5, 0.6) is 0 Å². The van der Waals surface area contributed by atoms with E-state index in [9.17, 15) is 4.79 Å². The molecule has 0 aromatic rings. The van der Waals surface area contributed by atoms with Crippen LogP contribution < -0.4 is 5.32 Å². The van der Waals surface area contributed by atoms with Crippen LogP contribution in [0, 0.1) is 5.92 Å². The van der Waals surface area contributed by atoms with Crippen LogP contribution in [-0.4, -0.2) is 60.0 Å². The van der Waals surface area contributed by atoms with Gasteiger partial charge in [-0.05, 0) is 45.2 Å². The number of piperidine rings is 1. The number of piperazine rings is 1. The summed E-state index contributed by atoms with van der Waals surface area (Å²) in [6.07, 6.45) is 5.06. The number of nitrogens with zero attached hydrogens (tertiary/aromatic N) is 2. The van der Waals surface area contributed by atoms with Gasteiger partial charge in [-0.3, -0.25) is 9.69 Å². The third-order valence-corrected chi connectivity index (χ3v) is 5.27. The molecule has 0 bridgehead atoms. The third kappa shape index (κ3) is 2.52. The molecule has 3 saturated heterocycles. The topological polar surface area (TPSA) is 35.6 Å². The Balaban J connectivity index is 1.68. The molecule has 3 aliphatic heterocycles. The molecule has 3 heterocycles. The molecule has 0 spiro atoms. The number of carbonyl (C=O) groups is 1. The van der Waals surface area contributed by atoms with Crippen molar-refractivity contribution in [2.45, 2.75) is 57.7 Å². The minimum atomic E-state index is 0.0672. The highest BCUT2D eigenvalue weighted by Crippen LogP contribution is 2.26. The molecular weight excluding hydrogens is 238 g/mol. The highest BCUT2D eigenvalue weighted by molar-refractivity contribution is 5.83. The van der Waals surface area contributed by atoms with Crippen LogP contribution >= 0.6 is 0 Å². The zero-order valence-corrected chi connectivity index (χ0v) is 12.3. The minimum Gasteiger partial charge on any atom is -0.336 e. The Morgan fingerprint density at radius 3 is 2.74 bits per heavy atom. The second-order valence-electron chi connectivity index (χ2n) is 6.68. The maximum Gasteiger partial charge on any atom is 0.240 e. The lowest BCUT2D eigenvalue weighted by Crippen LogP contribution is -2.62. The summed E-state index contributed by atoms with van der Waals surface area (Å²) in [5, 5.41) is 3.39. The van der Waals surface area contributed by atoms with Gasteiger partial charge in [-0.2, -0.15) is 0 Å². The molecule has 0 saturated carbocycles. The standard InChI is InChI=1S/C15H27N3O/c1-11-6-7-16-14(11)15(19)18-10-13-5-3-4-8-17(13)9-12(18)2/h11-14,16H,3-10H2,1-2H3. The van der Waals surface area contributed by atoms with Crippen molar-refractivity contribution in [3.8, 4) is 0 Å². The van der Waals surface area contributed by atoms with E-state index in [0.29, 0.717) is 23.9 Å². The first-order chi connectivity index (χ1) is 9.16. The van der Waals surface area contributed by atoms with Crippen molar-refractivity contribution < 1.29 is 4.79 Å². The van der Waals surface area contributed by atoms with Crippen LogP contribution in [0.15, 0.2) is 0 Å². The first-order valence-corrected chi connectivity index (χ1v) is 7.94. The van der Waals surface area contributed by atoms with E-state index in [0.717, 1.165) is 26.1 Å². The smallest absolute Gasteiger partial charge is 0.240 e. The highest BCUT2D eigenvalue weighted by Gasteiger charge is 2.39. The summed E-state index contributed by atoms with van der Waals surface area (Å²) in [6.45, 7) is 8.65. The fourth-order valence-corrected chi connectivity index (χ4v) is 4.00. The molecule has 4 unspecified atom stereocenters. The van der Waals surface area contributed by atoms with Crippen LogP contribution in [0.1, 0.15) is 39.5 Å². The molecule has 1 N–H and O–H groups in total. The normalized spacial score (nSPS) is 40.2. The number of amides is 1. The third-order valence-electron chi connectivity index (χ3n) is 5.27. The van der Waals surface area contributed by atoms with Gasteiger partial charge >= 0.3 is 0 Å². The zero-order valence-electron chi connectivity index (χ0n) is 12.3. The molecule has 0 aromatic heterocycles. The van der Waals surface area contributed by atoms with E-state index in [4.69, 9.17) is 0 Å². The number of carbonyl (C=O) groups excluding carboxylic acids is 1. The summed E-state index contributed by atoms with van der Waals surface area (Å²) in [5.74, 6) is 0.840. The molecule has 108 valence electrons. The lowest BCUT2D eigenvalue weighted by atomic mass is 9.95. The van der Waals surface area contributed by atoms with E-state index in [1.807, 2.05) is 0 Å². The molecular formula is C15H27N3O. The fraction of sp³-hybridized carbons (Fsp3) is 0.933. The molecule has 4 nitrogen and oxygen atoms in total. The van der Waals surface area contributed by atoms with Crippen molar-refractivity contribution in [3.05, 3.63) is 0 Å². The molecule has 0 aliphatic carbocycles.